The largest absolute Gasteiger partial charge is 0.420 e. The van der Waals surface area contributed by atoms with Crippen molar-refractivity contribution in [1.29, 1.82) is 0 Å². The molecule has 0 aliphatic carbocycles. The van der Waals surface area contributed by atoms with Gasteiger partial charge in [0.25, 0.3) is 0 Å². The van der Waals surface area contributed by atoms with E-state index < -0.39 is 17.6 Å². The first kappa shape index (κ1) is 15.5. The third-order valence-corrected chi connectivity index (χ3v) is 2.63. The molecule has 2 aromatic rings. The van der Waals surface area contributed by atoms with Crippen LogP contribution in [0.1, 0.15) is 5.56 Å². The van der Waals surface area contributed by atoms with E-state index in [1.165, 1.54) is 0 Å². The molecule has 2 N–H and O–H groups in total. The smallest absolute Gasteiger partial charge is 0.382 e. The summed E-state index contributed by atoms with van der Waals surface area (Å²) in [7, 11) is 0. The molecule has 0 radical (unpaired) electrons. The molecule has 3 nitrogen and oxygen atoms in total. The van der Waals surface area contributed by atoms with Gasteiger partial charge in [0.15, 0.2) is 5.82 Å². The Kier molecular flexibility index (Phi) is 5.38. The molecule has 0 unspecified atom stereocenters. The van der Waals surface area contributed by atoms with Crippen molar-refractivity contribution < 1.29 is 13.2 Å². The lowest BCUT2D eigenvalue weighted by Gasteiger charge is -2.06. The van der Waals surface area contributed by atoms with Crippen molar-refractivity contribution >= 4 is 29.0 Å². The number of halogens is 5. The van der Waals surface area contributed by atoms with E-state index >= 15 is 0 Å². The Hall–Kier alpha value is -1.53. The van der Waals surface area contributed by atoms with E-state index in [1.54, 1.807) is 12.1 Å². The quantitative estimate of drug-likeness (QED) is 0.798. The van der Waals surface area contributed by atoms with Gasteiger partial charge in [-0.1, -0.05) is 35.3 Å². The van der Waals surface area contributed by atoms with Crippen LogP contribution in [0.2, 0.25) is 10.0 Å². The lowest BCUT2D eigenvalue weighted by atomic mass is 10.3. The highest BCUT2D eigenvalue weighted by Crippen LogP contribution is 2.31. The van der Waals surface area contributed by atoms with Gasteiger partial charge in [0.05, 0.1) is 16.2 Å². The molecule has 0 fully saturated rings. The Bertz CT molecular complexity index is 526. The van der Waals surface area contributed by atoms with Crippen molar-refractivity contribution in [1.82, 2.24) is 10.2 Å². The summed E-state index contributed by atoms with van der Waals surface area (Å²) < 4.78 is 35.7. The van der Waals surface area contributed by atoms with Crippen LogP contribution < -0.4 is 5.73 Å². The number of anilines is 1. The lowest BCUT2D eigenvalue weighted by Crippen LogP contribution is -2.10. The van der Waals surface area contributed by atoms with Crippen molar-refractivity contribution in [3.63, 3.8) is 0 Å². The van der Waals surface area contributed by atoms with Crippen molar-refractivity contribution in [2.24, 2.45) is 0 Å². The molecular weight excluding hydrogens is 302 g/mol. The number of nitrogen functional groups attached to an aromatic ring is 1. The second kappa shape index (κ2) is 6.58. The number of nitrogens with two attached hydrogens (primary N) is 1. The van der Waals surface area contributed by atoms with E-state index in [0.717, 1.165) is 12.3 Å². The van der Waals surface area contributed by atoms with E-state index in [0.29, 0.717) is 10.0 Å². The molecule has 0 atom stereocenters. The zero-order chi connectivity index (χ0) is 14.5. The number of hydrogen-bond donors (Lipinski definition) is 1. The molecule has 0 bridgehead atoms. The molecule has 102 valence electrons. The second-order valence-corrected chi connectivity index (χ2v) is 4.06. The Labute approximate surface area is 117 Å². The molecule has 1 aromatic heterocycles. The molecule has 1 heterocycles. The second-order valence-electron chi connectivity index (χ2n) is 3.24. The fraction of sp³-hybridized carbons (Fsp3) is 0.0909. The maximum atomic E-state index is 11.9. The average molecular weight is 310 g/mol. The molecule has 8 heteroatoms. The fourth-order valence-corrected chi connectivity index (χ4v) is 1.29. The molecular formula is C11H8Cl2F3N3. The zero-order valence-corrected chi connectivity index (χ0v) is 10.8. The number of hydrogen-bond acceptors (Lipinski definition) is 3. The highest BCUT2D eigenvalue weighted by molar-refractivity contribution is 6.41. The van der Waals surface area contributed by atoms with Gasteiger partial charge in [-0.25, -0.2) is 0 Å². The molecule has 0 amide bonds. The number of alkyl halides is 3. The number of nitrogens with zero attached hydrogens (tertiary/aromatic N) is 2. The van der Waals surface area contributed by atoms with Gasteiger partial charge in [-0.05, 0) is 18.2 Å². The third-order valence-electron chi connectivity index (χ3n) is 1.88. The van der Waals surface area contributed by atoms with Crippen LogP contribution in [-0.4, -0.2) is 10.2 Å². The van der Waals surface area contributed by atoms with Crippen LogP contribution in [-0.2, 0) is 6.18 Å². The molecule has 2 rings (SSSR count). The van der Waals surface area contributed by atoms with E-state index in [4.69, 9.17) is 28.9 Å². The summed E-state index contributed by atoms with van der Waals surface area (Å²) in [6, 6.07) is 7.97. The Balaban J connectivity index is 0.000000200. The molecule has 0 aliphatic heterocycles. The van der Waals surface area contributed by atoms with E-state index in [2.05, 4.69) is 10.2 Å². The van der Waals surface area contributed by atoms with Crippen LogP contribution in [0.15, 0.2) is 36.5 Å². The Morgan fingerprint density at radius 3 is 1.84 bits per heavy atom. The van der Waals surface area contributed by atoms with Crippen molar-refractivity contribution in [2.45, 2.75) is 6.18 Å². The highest BCUT2D eigenvalue weighted by atomic mass is 35.5. The van der Waals surface area contributed by atoms with Crippen molar-refractivity contribution in [3.05, 3.63) is 52.1 Å². The summed E-state index contributed by atoms with van der Waals surface area (Å²) in [6.07, 6.45) is -3.50. The van der Waals surface area contributed by atoms with Crippen LogP contribution >= 0.6 is 23.2 Å². The Morgan fingerprint density at radius 2 is 1.53 bits per heavy atom. The first-order chi connectivity index (χ1) is 8.82. The minimum Gasteiger partial charge on any atom is -0.382 e. The van der Waals surface area contributed by atoms with Crippen LogP contribution in [0.5, 0.6) is 0 Å². The number of rotatable bonds is 0. The molecule has 0 aliphatic rings. The average Bonchev–Trinajstić information content (AvgIpc) is 2.33. The van der Waals surface area contributed by atoms with Crippen molar-refractivity contribution in [3.8, 4) is 0 Å². The summed E-state index contributed by atoms with van der Waals surface area (Å²) in [4.78, 5) is 0. The monoisotopic (exact) mass is 309 g/mol. The number of aromatic nitrogens is 2. The van der Waals surface area contributed by atoms with Crippen LogP contribution in [0.3, 0.4) is 0 Å². The van der Waals surface area contributed by atoms with Crippen molar-refractivity contribution in [2.75, 3.05) is 5.73 Å². The van der Waals surface area contributed by atoms with Gasteiger partial charge in [0.1, 0.15) is 5.56 Å². The minimum absolute atomic E-state index is 0.597. The molecule has 0 saturated heterocycles. The molecule has 0 saturated carbocycles. The zero-order valence-electron chi connectivity index (χ0n) is 9.33. The summed E-state index contributed by atoms with van der Waals surface area (Å²) in [5.41, 5.74) is 3.96. The topological polar surface area (TPSA) is 51.8 Å². The highest BCUT2D eigenvalue weighted by Gasteiger charge is 2.33. The Morgan fingerprint density at radius 1 is 1.00 bits per heavy atom. The third kappa shape index (κ3) is 4.92. The van der Waals surface area contributed by atoms with Crippen LogP contribution in [0.25, 0.3) is 0 Å². The summed E-state index contributed by atoms with van der Waals surface area (Å²) in [5, 5.41) is 7.45. The van der Waals surface area contributed by atoms with E-state index in [-0.39, 0.29) is 0 Å². The molecule has 19 heavy (non-hydrogen) atoms. The van der Waals surface area contributed by atoms with Gasteiger partial charge in [-0.2, -0.15) is 18.3 Å². The van der Waals surface area contributed by atoms with E-state index in [9.17, 15) is 13.2 Å². The summed E-state index contributed by atoms with van der Waals surface area (Å²) in [6.45, 7) is 0. The van der Waals surface area contributed by atoms with E-state index in [1.807, 2.05) is 12.1 Å². The summed E-state index contributed by atoms with van der Waals surface area (Å²) in [5.74, 6) is -0.597. The van der Waals surface area contributed by atoms with Gasteiger partial charge >= 0.3 is 6.18 Å². The molecule has 1 aromatic carbocycles. The first-order valence-electron chi connectivity index (χ1n) is 4.86. The number of benzene rings is 1. The van der Waals surface area contributed by atoms with Gasteiger partial charge in [0, 0.05) is 0 Å². The maximum Gasteiger partial charge on any atom is 0.420 e. The maximum absolute atomic E-state index is 11.9. The first-order valence-corrected chi connectivity index (χ1v) is 5.62. The van der Waals surface area contributed by atoms with Gasteiger partial charge in [0.2, 0.25) is 0 Å². The standard InChI is InChI=1S/C6H4Cl2.C5H4F3N3/c7-5-3-1-2-4-6(5)8;6-5(7,8)3-1-2-10-11-4(3)9/h1-4H;1-2H,(H2,9,11). The van der Waals surface area contributed by atoms with Crippen LogP contribution in [0, 0.1) is 0 Å². The van der Waals surface area contributed by atoms with Crippen LogP contribution in [0.4, 0.5) is 19.0 Å². The molecule has 0 spiro atoms. The predicted molar refractivity (Wildman–Crippen MR) is 67.9 cm³/mol. The fourth-order valence-electron chi connectivity index (χ4n) is 1.02. The predicted octanol–water partition coefficient (Wildman–Crippen LogP) is 4.07. The van der Waals surface area contributed by atoms with Gasteiger partial charge < -0.3 is 5.73 Å². The lowest BCUT2D eigenvalue weighted by molar-refractivity contribution is -0.137. The SMILES string of the molecule is Clc1ccccc1Cl.Nc1nnccc1C(F)(F)F. The normalized spacial score (nSPS) is 10.6. The van der Waals surface area contributed by atoms with Gasteiger partial charge in [-0.3, -0.25) is 0 Å². The summed E-state index contributed by atoms with van der Waals surface area (Å²) >= 11 is 11.2. The van der Waals surface area contributed by atoms with Gasteiger partial charge in [-0.15, -0.1) is 5.10 Å². The minimum atomic E-state index is -4.44.